The molecule has 0 aliphatic heterocycles. The number of hydrogen-bond acceptors (Lipinski definition) is 0. The van der Waals surface area contributed by atoms with Crippen molar-refractivity contribution in [3.05, 3.63) is 95.7 Å². The number of allylic oxidation sites excluding steroid dienone is 16. The Hall–Kier alpha value is -2.08. The summed E-state index contributed by atoms with van der Waals surface area (Å²) in [4.78, 5) is 0. The van der Waals surface area contributed by atoms with Gasteiger partial charge in [0.15, 0.2) is 0 Å². The maximum atomic E-state index is 2.26. The molecule has 0 aromatic rings. The van der Waals surface area contributed by atoms with Crippen LogP contribution >= 0.6 is 0 Å². The molecule has 0 amide bonds. The minimum Gasteiger partial charge on any atom is -0.0623 e. The van der Waals surface area contributed by atoms with Crippen molar-refractivity contribution in [2.24, 2.45) is 0 Å². The second-order valence-electron chi connectivity index (χ2n) is 4.37. The molecule has 0 aromatic carbocycles. The van der Waals surface area contributed by atoms with Crippen molar-refractivity contribution < 1.29 is 0 Å². The Kier molecular flexibility index (Phi) is 4.54. The maximum absolute atomic E-state index is 2.26. The van der Waals surface area contributed by atoms with Crippen molar-refractivity contribution in [1.82, 2.24) is 0 Å². The molecule has 0 spiro atoms. The second kappa shape index (κ2) is 6.61. The van der Waals surface area contributed by atoms with Crippen molar-refractivity contribution in [2.75, 3.05) is 0 Å². The zero-order valence-electron chi connectivity index (χ0n) is 10.7. The molecule has 0 saturated heterocycles. The van der Waals surface area contributed by atoms with E-state index in [0.29, 0.717) is 0 Å². The maximum Gasteiger partial charge on any atom is -0.00200 e. The monoisotopic (exact) mass is 234 g/mol. The Morgan fingerprint density at radius 2 is 1.11 bits per heavy atom. The fraction of sp³-hybridized carbons (Fsp3) is 0.111. The van der Waals surface area contributed by atoms with E-state index in [-0.39, 0.29) is 0 Å². The summed E-state index contributed by atoms with van der Waals surface area (Å²) < 4.78 is 0. The topological polar surface area (TPSA) is 0 Å². The molecule has 0 radical (unpaired) electrons. The van der Waals surface area contributed by atoms with Crippen molar-refractivity contribution in [2.45, 2.75) is 13.3 Å². The largest absolute Gasteiger partial charge is 0.0623 e. The first-order chi connectivity index (χ1) is 8.86. The lowest BCUT2D eigenvalue weighted by Gasteiger charge is -1.86. The average molecular weight is 234 g/mol. The van der Waals surface area contributed by atoms with Gasteiger partial charge in [0.25, 0.3) is 0 Å². The highest BCUT2D eigenvalue weighted by molar-refractivity contribution is 5.52. The fourth-order valence-electron chi connectivity index (χ4n) is 1.69. The average Bonchev–Trinajstić information content (AvgIpc) is 3.07. The smallest absolute Gasteiger partial charge is 0.00200 e. The Labute approximate surface area is 109 Å². The zero-order valence-corrected chi connectivity index (χ0v) is 10.7. The van der Waals surface area contributed by atoms with Crippen LogP contribution < -0.4 is 0 Å². The van der Waals surface area contributed by atoms with Gasteiger partial charge in [-0.25, -0.2) is 0 Å². The van der Waals surface area contributed by atoms with Crippen LogP contribution in [0.1, 0.15) is 13.3 Å². The lowest BCUT2D eigenvalue weighted by Crippen LogP contribution is -1.65. The third kappa shape index (κ3) is 4.42. The Bertz CT molecular complexity index is 526. The standard InChI is InChI=1S/C18H18/c1-16-12-10-8-6-4-2-3-5-7-9-11-13-17-15-18(17)14-16/h2-14H,15H2,1H3. The van der Waals surface area contributed by atoms with Crippen molar-refractivity contribution in [1.29, 1.82) is 0 Å². The van der Waals surface area contributed by atoms with E-state index < -0.39 is 0 Å². The highest BCUT2D eigenvalue weighted by atomic mass is 14.2. The number of hydrogen-bond donors (Lipinski definition) is 0. The molecule has 0 aromatic heterocycles. The van der Waals surface area contributed by atoms with Gasteiger partial charge in [-0.2, -0.15) is 0 Å². The minimum atomic E-state index is 1.13. The fourth-order valence-corrected chi connectivity index (χ4v) is 1.69. The van der Waals surface area contributed by atoms with E-state index in [1.165, 1.54) is 16.7 Å². The predicted molar refractivity (Wildman–Crippen MR) is 80.2 cm³/mol. The van der Waals surface area contributed by atoms with Crippen LogP contribution in [0.3, 0.4) is 0 Å². The van der Waals surface area contributed by atoms with Gasteiger partial charge in [-0.3, -0.25) is 0 Å². The summed E-state index contributed by atoms with van der Waals surface area (Å²) in [5, 5.41) is 0. The van der Waals surface area contributed by atoms with Gasteiger partial charge in [-0.1, -0.05) is 84.6 Å². The highest BCUT2D eigenvalue weighted by Gasteiger charge is 2.15. The lowest BCUT2D eigenvalue weighted by molar-refractivity contribution is 1.47. The van der Waals surface area contributed by atoms with Gasteiger partial charge in [0, 0.05) is 0 Å². The Morgan fingerprint density at radius 3 is 1.72 bits per heavy atom. The Morgan fingerprint density at radius 1 is 0.611 bits per heavy atom. The van der Waals surface area contributed by atoms with Crippen LogP contribution in [0.4, 0.5) is 0 Å². The van der Waals surface area contributed by atoms with E-state index in [2.05, 4.69) is 43.4 Å². The van der Waals surface area contributed by atoms with E-state index in [1.807, 2.05) is 42.5 Å². The molecule has 0 bridgehead atoms. The molecule has 2 rings (SSSR count). The first-order valence-electron chi connectivity index (χ1n) is 6.28. The SMILES string of the molecule is CC1=CC2=C(C=CC=CC=CC=CC=CC=C1)C2. The van der Waals surface area contributed by atoms with Gasteiger partial charge in [0.05, 0.1) is 0 Å². The van der Waals surface area contributed by atoms with E-state index in [1.54, 1.807) is 0 Å². The van der Waals surface area contributed by atoms with Gasteiger partial charge >= 0.3 is 0 Å². The Balaban J connectivity index is 2.15. The van der Waals surface area contributed by atoms with Gasteiger partial charge in [0.2, 0.25) is 0 Å². The summed E-state index contributed by atoms with van der Waals surface area (Å²) in [6, 6.07) is 0. The summed E-state index contributed by atoms with van der Waals surface area (Å²) >= 11 is 0. The summed E-state index contributed by atoms with van der Waals surface area (Å²) in [6.45, 7) is 2.14. The van der Waals surface area contributed by atoms with Gasteiger partial charge in [-0.15, -0.1) is 0 Å². The highest BCUT2D eigenvalue weighted by Crippen LogP contribution is 2.33. The van der Waals surface area contributed by atoms with Crippen LogP contribution in [-0.2, 0) is 0 Å². The minimum absolute atomic E-state index is 1.13. The molecule has 0 N–H and O–H groups in total. The van der Waals surface area contributed by atoms with Gasteiger partial charge in [-0.05, 0) is 24.5 Å². The van der Waals surface area contributed by atoms with Crippen molar-refractivity contribution in [3.8, 4) is 0 Å². The molecule has 0 fully saturated rings. The molecular formula is C18H18. The van der Waals surface area contributed by atoms with Crippen LogP contribution in [0.2, 0.25) is 0 Å². The second-order valence-corrected chi connectivity index (χ2v) is 4.37. The predicted octanol–water partition coefficient (Wildman–Crippen LogP) is 4.98. The first-order valence-corrected chi connectivity index (χ1v) is 6.28. The quantitative estimate of drug-likeness (QED) is 0.554. The van der Waals surface area contributed by atoms with Gasteiger partial charge in [0.1, 0.15) is 0 Å². The molecular weight excluding hydrogens is 216 g/mol. The molecule has 0 nitrogen and oxygen atoms in total. The normalized spacial score (nSPS) is 19.1. The van der Waals surface area contributed by atoms with Gasteiger partial charge < -0.3 is 0 Å². The molecule has 0 saturated carbocycles. The van der Waals surface area contributed by atoms with E-state index >= 15 is 0 Å². The van der Waals surface area contributed by atoms with Crippen LogP contribution in [0, 0.1) is 0 Å². The summed E-state index contributed by atoms with van der Waals surface area (Å²) in [5.41, 5.74) is 4.19. The van der Waals surface area contributed by atoms with Crippen LogP contribution in [0.15, 0.2) is 95.7 Å². The van der Waals surface area contributed by atoms with Crippen LogP contribution in [0.5, 0.6) is 0 Å². The van der Waals surface area contributed by atoms with E-state index in [9.17, 15) is 0 Å². The van der Waals surface area contributed by atoms with Crippen LogP contribution in [0.25, 0.3) is 0 Å². The molecule has 2 aliphatic rings. The van der Waals surface area contributed by atoms with E-state index in [0.717, 1.165) is 6.42 Å². The zero-order chi connectivity index (χ0) is 12.6. The van der Waals surface area contributed by atoms with Crippen molar-refractivity contribution in [3.63, 3.8) is 0 Å². The van der Waals surface area contributed by atoms with Crippen molar-refractivity contribution >= 4 is 0 Å². The third-order valence-electron chi connectivity index (χ3n) is 2.73. The lowest BCUT2D eigenvalue weighted by atomic mass is 10.2. The molecule has 0 heteroatoms. The summed E-state index contributed by atoms with van der Waals surface area (Å²) in [5.74, 6) is 0. The molecule has 0 unspecified atom stereocenters. The molecule has 0 heterocycles. The summed E-state index contributed by atoms with van der Waals surface area (Å²) in [6.07, 6.45) is 28.2. The third-order valence-corrected chi connectivity index (χ3v) is 2.73. The first kappa shape index (κ1) is 12.4. The molecule has 18 heavy (non-hydrogen) atoms. The van der Waals surface area contributed by atoms with Crippen LogP contribution in [-0.4, -0.2) is 0 Å². The number of rotatable bonds is 0. The molecule has 0 atom stereocenters. The van der Waals surface area contributed by atoms with E-state index in [4.69, 9.17) is 0 Å². The molecule has 2 aliphatic carbocycles. The summed E-state index contributed by atoms with van der Waals surface area (Å²) in [7, 11) is 0. The molecule has 90 valence electrons.